The third-order valence-corrected chi connectivity index (χ3v) is 6.71. The number of aliphatic carboxylic acids is 1. The fraction of sp³-hybridized carbons (Fsp3) is 0.654. The van der Waals surface area contributed by atoms with Crippen molar-refractivity contribution in [1.29, 1.82) is 0 Å². The van der Waals surface area contributed by atoms with Gasteiger partial charge in [-0.05, 0) is 75.2 Å². The van der Waals surface area contributed by atoms with Crippen LogP contribution in [0, 0.1) is 17.8 Å². The Balaban J connectivity index is 1.76. The second kappa shape index (κ2) is 13.7. The molecule has 0 aromatic heterocycles. The van der Waals surface area contributed by atoms with Gasteiger partial charge in [-0.15, -0.1) is 0 Å². The third kappa shape index (κ3) is 8.76. The number of hydrogen-bond acceptors (Lipinski definition) is 4. The topological polar surface area (TPSA) is 98.0 Å². The zero-order valence-electron chi connectivity index (χ0n) is 18.8. The summed E-state index contributed by atoms with van der Waals surface area (Å²) in [6, 6.07) is 10.1. The summed E-state index contributed by atoms with van der Waals surface area (Å²) in [5.41, 5.74) is 1.21. The Kier molecular flexibility index (Phi) is 11.3. The van der Waals surface area contributed by atoms with Gasteiger partial charge in [0.15, 0.2) is 0 Å². The molecule has 0 bridgehead atoms. The van der Waals surface area contributed by atoms with E-state index in [1.165, 1.54) is 5.56 Å². The Labute approximate surface area is 186 Å². The summed E-state index contributed by atoms with van der Waals surface area (Å²) < 4.78 is 0. The molecule has 1 aromatic carbocycles. The van der Waals surface area contributed by atoms with Crippen molar-refractivity contribution in [2.75, 3.05) is 0 Å². The van der Waals surface area contributed by atoms with Crippen LogP contribution in [0.1, 0.15) is 70.3 Å². The van der Waals surface area contributed by atoms with E-state index < -0.39 is 24.3 Å². The number of aliphatic hydroxyl groups is 3. The zero-order valence-corrected chi connectivity index (χ0v) is 18.8. The number of benzene rings is 1. The van der Waals surface area contributed by atoms with Crippen molar-refractivity contribution in [3.05, 3.63) is 48.0 Å². The Bertz CT molecular complexity index is 659. The van der Waals surface area contributed by atoms with Crippen molar-refractivity contribution in [3.63, 3.8) is 0 Å². The Morgan fingerprint density at radius 1 is 1.03 bits per heavy atom. The summed E-state index contributed by atoms with van der Waals surface area (Å²) in [5, 5.41) is 40.4. The third-order valence-electron chi connectivity index (χ3n) is 6.71. The highest BCUT2D eigenvalue weighted by Gasteiger charge is 2.40. The molecule has 1 fully saturated rings. The fourth-order valence-corrected chi connectivity index (χ4v) is 4.82. The largest absolute Gasteiger partial charge is 0.481 e. The molecule has 5 nitrogen and oxygen atoms in total. The van der Waals surface area contributed by atoms with Gasteiger partial charge in [0.2, 0.25) is 0 Å². The van der Waals surface area contributed by atoms with E-state index in [9.17, 15) is 25.2 Å². The van der Waals surface area contributed by atoms with Gasteiger partial charge in [0.1, 0.15) is 0 Å². The van der Waals surface area contributed by atoms with Crippen molar-refractivity contribution in [2.24, 2.45) is 17.8 Å². The molecule has 174 valence electrons. The van der Waals surface area contributed by atoms with Crippen LogP contribution < -0.4 is 0 Å². The van der Waals surface area contributed by atoms with Crippen molar-refractivity contribution in [1.82, 2.24) is 0 Å². The first-order valence-corrected chi connectivity index (χ1v) is 11.9. The number of aryl methyl sites for hydroxylation is 1. The van der Waals surface area contributed by atoms with Crippen LogP contribution in [0.15, 0.2) is 42.5 Å². The summed E-state index contributed by atoms with van der Waals surface area (Å²) in [6.45, 7) is 2.00. The maximum absolute atomic E-state index is 11.2. The quantitative estimate of drug-likeness (QED) is 0.328. The average molecular weight is 433 g/mol. The predicted molar refractivity (Wildman–Crippen MR) is 123 cm³/mol. The lowest BCUT2D eigenvalue weighted by molar-refractivity contribution is -0.142. The summed E-state index contributed by atoms with van der Waals surface area (Å²) in [4.78, 5) is 11.2. The number of hydrogen-bond donors (Lipinski definition) is 4. The van der Waals surface area contributed by atoms with Crippen molar-refractivity contribution >= 4 is 5.97 Å². The molecule has 5 heteroatoms. The number of rotatable bonds is 14. The van der Waals surface area contributed by atoms with Gasteiger partial charge in [-0.3, -0.25) is 4.79 Å². The molecule has 0 saturated heterocycles. The molecule has 1 saturated carbocycles. The second-order valence-electron chi connectivity index (χ2n) is 9.06. The van der Waals surface area contributed by atoms with E-state index in [-0.39, 0.29) is 17.8 Å². The molecule has 1 aliphatic carbocycles. The highest BCUT2D eigenvalue weighted by Crippen LogP contribution is 2.38. The molecule has 6 atom stereocenters. The van der Waals surface area contributed by atoms with E-state index in [0.29, 0.717) is 51.4 Å². The van der Waals surface area contributed by atoms with E-state index >= 15 is 0 Å². The standard InChI is InChI=1S/C26H40O5/c1-2-9-20(26(30)31)12-7-4-8-13-22-23(25(29)18-24(22)28)17-16-21(27)15-14-19-10-5-3-6-11-19/h3-6,8,10-11,20-25,27-29H,2,7,9,12-18H2,1H3,(H,30,31)/b8-4-/t20?,21-,22+,23+,24+,25+/m0/s1. The number of carboxylic acid groups (broad SMARTS) is 1. The number of allylic oxidation sites excluding steroid dienone is 2. The van der Waals surface area contributed by atoms with Crippen LogP contribution in [0.5, 0.6) is 0 Å². The second-order valence-corrected chi connectivity index (χ2v) is 9.06. The van der Waals surface area contributed by atoms with Crippen LogP contribution in [-0.4, -0.2) is 44.7 Å². The van der Waals surface area contributed by atoms with E-state index in [0.717, 1.165) is 12.8 Å². The maximum atomic E-state index is 11.2. The SMILES string of the molecule is CCCC(CC/C=C\C[C@@H]1[C@@H](CC[C@@H](O)CCc2ccccc2)[C@H](O)C[C@H]1O)C(=O)O. The van der Waals surface area contributed by atoms with Gasteiger partial charge in [0, 0.05) is 0 Å². The van der Waals surface area contributed by atoms with Gasteiger partial charge >= 0.3 is 5.97 Å². The van der Waals surface area contributed by atoms with Crippen molar-refractivity contribution < 1.29 is 25.2 Å². The molecule has 0 aliphatic heterocycles. The highest BCUT2D eigenvalue weighted by molar-refractivity contribution is 5.69. The molecule has 31 heavy (non-hydrogen) atoms. The van der Waals surface area contributed by atoms with E-state index in [2.05, 4.69) is 12.1 Å². The smallest absolute Gasteiger partial charge is 0.306 e. The van der Waals surface area contributed by atoms with Crippen LogP contribution >= 0.6 is 0 Å². The van der Waals surface area contributed by atoms with Gasteiger partial charge in [0.25, 0.3) is 0 Å². The van der Waals surface area contributed by atoms with Gasteiger partial charge in [-0.25, -0.2) is 0 Å². The molecule has 4 N–H and O–H groups in total. The monoisotopic (exact) mass is 432 g/mol. The first kappa shape index (κ1) is 25.6. The molecule has 1 aliphatic rings. The first-order chi connectivity index (χ1) is 14.9. The lowest BCUT2D eigenvalue weighted by atomic mass is 9.85. The summed E-state index contributed by atoms with van der Waals surface area (Å²) in [6.07, 6.45) is 9.39. The van der Waals surface area contributed by atoms with E-state index in [4.69, 9.17) is 0 Å². The molecule has 1 unspecified atom stereocenters. The van der Waals surface area contributed by atoms with Crippen LogP contribution in [0.3, 0.4) is 0 Å². The summed E-state index contributed by atoms with van der Waals surface area (Å²) in [5.74, 6) is -1.05. The molecule has 0 spiro atoms. The van der Waals surface area contributed by atoms with Crippen LogP contribution in [0.2, 0.25) is 0 Å². The predicted octanol–water partition coefficient (Wildman–Crippen LogP) is 4.35. The van der Waals surface area contributed by atoms with Crippen LogP contribution in [-0.2, 0) is 11.2 Å². The molecule has 0 heterocycles. The Morgan fingerprint density at radius 3 is 2.42 bits per heavy atom. The Hall–Kier alpha value is -1.69. The maximum Gasteiger partial charge on any atom is 0.306 e. The normalized spacial score (nSPS) is 25.7. The lowest BCUT2D eigenvalue weighted by Gasteiger charge is -2.23. The van der Waals surface area contributed by atoms with Gasteiger partial charge in [-0.1, -0.05) is 55.8 Å². The number of aliphatic hydroxyl groups excluding tert-OH is 3. The molecular weight excluding hydrogens is 392 g/mol. The van der Waals surface area contributed by atoms with Crippen molar-refractivity contribution in [2.45, 2.75) is 89.4 Å². The average Bonchev–Trinajstić information content (AvgIpc) is 3.02. The Morgan fingerprint density at radius 2 is 1.74 bits per heavy atom. The van der Waals surface area contributed by atoms with E-state index in [1.54, 1.807) is 0 Å². The molecule has 1 aromatic rings. The molecule has 0 radical (unpaired) electrons. The van der Waals surface area contributed by atoms with E-state index in [1.807, 2.05) is 37.3 Å². The van der Waals surface area contributed by atoms with Gasteiger partial charge in [0.05, 0.1) is 24.2 Å². The van der Waals surface area contributed by atoms with Crippen LogP contribution in [0.25, 0.3) is 0 Å². The minimum Gasteiger partial charge on any atom is -0.481 e. The molecule has 0 amide bonds. The summed E-state index contributed by atoms with van der Waals surface area (Å²) in [7, 11) is 0. The summed E-state index contributed by atoms with van der Waals surface area (Å²) >= 11 is 0. The number of carbonyl (C=O) groups is 1. The van der Waals surface area contributed by atoms with Crippen molar-refractivity contribution in [3.8, 4) is 0 Å². The highest BCUT2D eigenvalue weighted by atomic mass is 16.4. The number of carboxylic acids is 1. The molecular formula is C26H40O5. The van der Waals surface area contributed by atoms with Gasteiger partial charge < -0.3 is 20.4 Å². The minimum absolute atomic E-state index is 0.0153. The minimum atomic E-state index is -0.726. The van der Waals surface area contributed by atoms with Crippen LogP contribution in [0.4, 0.5) is 0 Å². The first-order valence-electron chi connectivity index (χ1n) is 11.9. The molecule has 2 rings (SSSR count). The van der Waals surface area contributed by atoms with Gasteiger partial charge in [-0.2, -0.15) is 0 Å². The fourth-order valence-electron chi connectivity index (χ4n) is 4.82. The lowest BCUT2D eigenvalue weighted by Crippen LogP contribution is -2.23. The zero-order chi connectivity index (χ0) is 22.6.